The standard InChI is InChI=1S/C7H13N5OS/c1-2-14-4-3-12-5-9-7(10-12)6(8)11-13/h5,13H,2-4H2,1H3,(H2,8,11). The molecule has 0 aliphatic heterocycles. The molecule has 0 aliphatic carbocycles. The van der Waals surface area contributed by atoms with Gasteiger partial charge in [0.1, 0.15) is 6.33 Å². The van der Waals surface area contributed by atoms with Crippen LogP contribution in [0.1, 0.15) is 12.7 Å². The molecule has 0 saturated carbocycles. The van der Waals surface area contributed by atoms with Crippen LogP contribution in [0.15, 0.2) is 11.5 Å². The summed E-state index contributed by atoms with van der Waals surface area (Å²) >= 11 is 1.83. The molecule has 3 N–H and O–H groups in total. The van der Waals surface area contributed by atoms with Crippen molar-refractivity contribution >= 4 is 17.6 Å². The third-order valence-corrected chi connectivity index (χ3v) is 2.42. The van der Waals surface area contributed by atoms with Gasteiger partial charge in [-0.3, -0.25) is 4.68 Å². The Morgan fingerprint density at radius 2 is 2.57 bits per heavy atom. The zero-order chi connectivity index (χ0) is 10.4. The van der Waals surface area contributed by atoms with Crippen molar-refractivity contribution in [2.75, 3.05) is 11.5 Å². The lowest BCUT2D eigenvalue weighted by Crippen LogP contribution is -2.15. The minimum absolute atomic E-state index is 0.0631. The summed E-state index contributed by atoms with van der Waals surface area (Å²) in [7, 11) is 0. The minimum atomic E-state index is -0.0631. The molecule has 0 spiro atoms. The third kappa shape index (κ3) is 2.91. The van der Waals surface area contributed by atoms with E-state index in [-0.39, 0.29) is 11.7 Å². The summed E-state index contributed by atoms with van der Waals surface area (Å²) in [6.45, 7) is 2.89. The molecule has 0 saturated heterocycles. The maximum Gasteiger partial charge on any atom is 0.219 e. The molecule has 0 bridgehead atoms. The van der Waals surface area contributed by atoms with Crippen LogP contribution >= 0.6 is 11.8 Å². The number of hydrogen-bond donors (Lipinski definition) is 2. The van der Waals surface area contributed by atoms with Crippen LogP contribution in [0.25, 0.3) is 0 Å². The summed E-state index contributed by atoms with van der Waals surface area (Å²) in [6.07, 6.45) is 1.57. The van der Waals surface area contributed by atoms with Crippen LogP contribution in [0.3, 0.4) is 0 Å². The number of oxime groups is 1. The van der Waals surface area contributed by atoms with E-state index in [1.54, 1.807) is 11.0 Å². The molecule has 6 nitrogen and oxygen atoms in total. The molecule has 1 heterocycles. The predicted octanol–water partition coefficient (Wildman–Crippen LogP) is 0.126. The molecule has 0 atom stereocenters. The van der Waals surface area contributed by atoms with Crippen LogP contribution in [-0.4, -0.2) is 37.3 Å². The van der Waals surface area contributed by atoms with E-state index in [1.165, 1.54) is 0 Å². The monoisotopic (exact) mass is 215 g/mol. The van der Waals surface area contributed by atoms with Crippen molar-refractivity contribution in [2.24, 2.45) is 10.9 Å². The lowest BCUT2D eigenvalue weighted by atomic mass is 10.6. The van der Waals surface area contributed by atoms with Crippen molar-refractivity contribution in [3.63, 3.8) is 0 Å². The molecule has 7 heteroatoms. The Balaban J connectivity index is 2.51. The van der Waals surface area contributed by atoms with Crippen LogP contribution in [0.4, 0.5) is 0 Å². The summed E-state index contributed by atoms with van der Waals surface area (Å²) in [6, 6.07) is 0. The molecule has 14 heavy (non-hydrogen) atoms. The normalized spacial score (nSPS) is 11.9. The summed E-state index contributed by atoms with van der Waals surface area (Å²) in [5.41, 5.74) is 5.32. The zero-order valence-corrected chi connectivity index (χ0v) is 8.74. The van der Waals surface area contributed by atoms with Gasteiger partial charge in [0.15, 0.2) is 0 Å². The fraction of sp³-hybridized carbons (Fsp3) is 0.571. The highest BCUT2D eigenvalue weighted by Gasteiger charge is 2.04. The number of nitrogens with zero attached hydrogens (tertiary/aromatic N) is 4. The van der Waals surface area contributed by atoms with Crippen molar-refractivity contribution in [2.45, 2.75) is 13.5 Å². The Hall–Kier alpha value is -1.24. The van der Waals surface area contributed by atoms with E-state index in [9.17, 15) is 0 Å². The summed E-state index contributed by atoms with van der Waals surface area (Å²) in [5.74, 6) is 2.26. The lowest BCUT2D eigenvalue weighted by Gasteiger charge is -1.97. The molecule has 78 valence electrons. The zero-order valence-electron chi connectivity index (χ0n) is 7.92. The van der Waals surface area contributed by atoms with E-state index in [2.05, 4.69) is 22.2 Å². The smallest absolute Gasteiger partial charge is 0.219 e. The first-order valence-corrected chi connectivity index (χ1v) is 5.38. The van der Waals surface area contributed by atoms with Gasteiger partial charge >= 0.3 is 0 Å². The summed E-state index contributed by atoms with van der Waals surface area (Å²) < 4.78 is 1.68. The summed E-state index contributed by atoms with van der Waals surface area (Å²) in [5, 5.41) is 15.2. The van der Waals surface area contributed by atoms with Crippen LogP contribution < -0.4 is 5.73 Å². The average Bonchev–Trinajstić information content (AvgIpc) is 2.66. The fourth-order valence-corrected chi connectivity index (χ4v) is 1.47. The molecule has 0 radical (unpaired) electrons. The molecule has 0 aliphatic rings. The van der Waals surface area contributed by atoms with Crippen molar-refractivity contribution in [3.8, 4) is 0 Å². The Morgan fingerprint density at radius 1 is 1.79 bits per heavy atom. The Bertz CT molecular complexity index is 311. The number of aromatic nitrogens is 3. The topological polar surface area (TPSA) is 89.3 Å². The Morgan fingerprint density at radius 3 is 3.21 bits per heavy atom. The van der Waals surface area contributed by atoms with Gasteiger partial charge in [-0.05, 0) is 5.75 Å². The van der Waals surface area contributed by atoms with Gasteiger partial charge in [-0.1, -0.05) is 12.1 Å². The quantitative estimate of drug-likeness (QED) is 0.239. The van der Waals surface area contributed by atoms with Crippen molar-refractivity contribution in [1.82, 2.24) is 14.8 Å². The predicted molar refractivity (Wildman–Crippen MR) is 55.5 cm³/mol. The lowest BCUT2D eigenvalue weighted by molar-refractivity contribution is 0.318. The van der Waals surface area contributed by atoms with Crippen molar-refractivity contribution in [3.05, 3.63) is 12.2 Å². The molecule has 0 fully saturated rings. The van der Waals surface area contributed by atoms with Gasteiger partial charge in [0, 0.05) is 5.75 Å². The second kappa shape index (κ2) is 5.48. The molecular weight excluding hydrogens is 202 g/mol. The van der Waals surface area contributed by atoms with Crippen LogP contribution in [-0.2, 0) is 6.54 Å². The first kappa shape index (κ1) is 10.8. The second-order valence-corrected chi connectivity index (χ2v) is 3.91. The largest absolute Gasteiger partial charge is 0.409 e. The van der Waals surface area contributed by atoms with Gasteiger partial charge in [0.2, 0.25) is 11.7 Å². The maximum absolute atomic E-state index is 8.38. The van der Waals surface area contributed by atoms with Gasteiger partial charge in [-0.15, -0.1) is 5.10 Å². The highest BCUT2D eigenvalue weighted by atomic mass is 32.2. The van der Waals surface area contributed by atoms with E-state index in [4.69, 9.17) is 10.9 Å². The molecule has 1 aromatic heterocycles. The maximum atomic E-state index is 8.38. The molecular formula is C7H13N5OS. The van der Waals surface area contributed by atoms with Crippen LogP contribution in [0.2, 0.25) is 0 Å². The van der Waals surface area contributed by atoms with Gasteiger partial charge in [0.05, 0.1) is 6.54 Å². The summed E-state index contributed by atoms with van der Waals surface area (Å²) in [4.78, 5) is 3.89. The number of amidine groups is 1. The van der Waals surface area contributed by atoms with E-state index in [1.807, 2.05) is 11.8 Å². The van der Waals surface area contributed by atoms with E-state index in [0.29, 0.717) is 0 Å². The van der Waals surface area contributed by atoms with E-state index < -0.39 is 0 Å². The van der Waals surface area contributed by atoms with Crippen LogP contribution in [0.5, 0.6) is 0 Å². The molecule has 1 rings (SSSR count). The number of aryl methyl sites for hydroxylation is 1. The molecule has 0 aromatic carbocycles. The number of nitrogens with two attached hydrogens (primary N) is 1. The molecule has 1 aromatic rings. The Kier molecular flexibility index (Phi) is 4.24. The van der Waals surface area contributed by atoms with Crippen molar-refractivity contribution < 1.29 is 5.21 Å². The van der Waals surface area contributed by atoms with Gasteiger partial charge in [0.25, 0.3) is 0 Å². The number of hydrogen-bond acceptors (Lipinski definition) is 5. The number of rotatable bonds is 5. The highest BCUT2D eigenvalue weighted by Crippen LogP contribution is 1.99. The minimum Gasteiger partial charge on any atom is -0.409 e. The van der Waals surface area contributed by atoms with Gasteiger partial charge < -0.3 is 10.9 Å². The van der Waals surface area contributed by atoms with Gasteiger partial charge in [-0.25, -0.2) is 4.98 Å². The first-order chi connectivity index (χ1) is 6.77. The average molecular weight is 215 g/mol. The van der Waals surface area contributed by atoms with Gasteiger partial charge in [-0.2, -0.15) is 11.8 Å². The second-order valence-electron chi connectivity index (χ2n) is 2.51. The number of thioether (sulfide) groups is 1. The SMILES string of the molecule is CCSCCn1cnc(C(N)=NO)n1. The van der Waals surface area contributed by atoms with Crippen LogP contribution in [0, 0.1) is 0 Å². The highest BCUT2D eigenvalue weighted by molar-refractivity contribution is 7.99. The fourth-order valence-electron chi connectivity index (χ4n) is 0.867. The third-order valence-electron chi connectivity index (χ3n) is 1.54. The Labute approximate surface area is 86.2 Å². The first-order valence-electron chi connectivity index (χ1n) is 4.23. The van der Waals surface area contributed by atoms with Crippen molar-refractivity contribution in [1.29, 1.82) is 0 Å². The van der Waals surface area contributed by atoms with E-state index >= 15 is 0 Å². The molecule has 0 amide bonds. The molecule has 0 unspecified atom stereocenters. The van der Waals surface area contributed by atoms with E-state index in [0.717, 1.165) is 18.1 Å².